The molecule has 1 aliphatic heterocycles. The molecule has 0 aliphatic carbocycles. The van der Waals surface area contributed by atoms with E-state index < -0.39 is 0 Å². The minimum atomic E-state index is 0.296. The lowest BCUT2D eigenvalue weighted by molar-refractivity contribution is 0.247. The van der Waals surface area contributed by atoms with Gasteiger partial charge in [-0.15, -0.1) is 0 Å². The topological polar surface area (TPSA) is 67.1 Å². The Kier molecular flexibility index (Phi) is 5.03. The van der Waals surface area contributed by atoms with E-state index in [0.29, 0.717) is 17.0 Å². The van der Waals surface area contributed by atoms with Crippen molar-refractivity contribution in [3.63, 3.8) is 0 Å². The van der Waals surface area contributed by atoms with E-state index in [1.165, 1.54) is 22.9 Å². The summed E-state index contributed by atoms with van der Waals surface area (Å²) in [5, 5.41) is 4.14. The molecule has 5 nitrogen and oxygen atoms in total. The van der Waals surface area contributed by atoms with Gasteiger partial charge in [0.05, 0.1) is 0 Å². The molecule has 2 aromatic rings. The molecule has 3 N–H and O–H groups in total. The van der Waals surface area contributed by atoms with Gasteiger partial charge in [0.1, 0.15) is 11.6 Å². The lowest BCUT2D eigenvalue weighted by atomic mass is 10.00. The van der Waals surface area contributed by atoms with Gasteiger partial charge in [-0.1, -0.05) is 36.0 Å². The van der Waals surface area contributed by atoms with Crippen molar-refractivity contribution < 1.29 is 0 Å². The van der Waals surface area contributed by atoms with Gasteiger partial charge in [0.2, 0.25) is 0 Å². The van der Waals surface area contributed by atoms with E-state index in [9.17, 15) is 0 Å². The smallest absolute Gasteiger partial charge is 0.191 e. The first-order valence-electron chi connectivity index (χ1n) is 7.88. The van der Waals surface area contributed by atoms with Crippen LogP contribution in [0.4, 0.5) is 11.6 Å². The number of benzene rings is 1. The van der Waals surface area contributed by atoms with Crippen molar-refractivity contribution in [2.45, 2.75) is 31.1 Å². The Hall–Kier alpha value is -1.79. The molecule has 0 saturated heterocycles. The molecule has 0 radical (unpaired) electrons. The standard InChI is InChI=1S/C17H23N5S/c1-12(19-16-9-15(18)20-17(21-16)23-2)10-22-8-7-13-5-3-4-6-14(13)11-22/h3-6,9,12H,7-8,10-11H2,1-2H3,(H3,18,19,20,21). The summed E-state index contributed by atoms with van der Waals surface area (Å²) in [6.45, 7) is 5.28. The summed E-state index contributed by atoms with van der Waals surface area (Å²) in [6.07, 6.45) is 3.08. The van der Waals surface area contributed by atoms with E-state index >= 15 is 0 Å². The van der Waals surface area contributed by atoms with Gasteiger partial charge in [0, 0.05) is 31.7 Å². The van der Waals surface area contributed by atoms with Crippen LogP contribution in [-0.2, 0) is 13.0 Å². The number of nitrogens with zero attached hydrogens (tertiary/aromatic N) is 3. The maximum atomic E-state index is 5.83. The Morgan fingerprint density at radius 1 is 1.30 bits per heavy atom. The third-order valence-electron chi connectivity index (χ3n) is 4.04. The van der Waals surface area contributed by atoms with Crippen molar-refractivity contribution >= 4 is 23.4 Å². The highest BCUT2D eigenvalue weighted by molar-refractivity contribution is 7.98. The zero-order valence-electron chi connectivity index (χ0n) is 13.6. The number of anilines is 2. The SMILES string of the molecule is CSc1nc(N)cc(NC(C)CN2CCc3ccccc3C2)n1. The van der Waals surface area contributed by atoms with Crippen LogP contribution in [0.3, 0.4) is 0 Å². The maximum Gasteiger partial charge on any atom is 0.191 e. The van der Waals surface area contributed by atoms with Gasteiger partial charge in [-0.05, 0) is 30.7 Å². The van der Waals surface area contributed by atoms with Gasteiger partial charge in [-0.25, -0.2) is 9.97 Å². The van der Waals surface area contributed by atoms with Gasteiger partial charge in [0.25, 0.3) is 0 Å². The summed E-state index contributed by atoms with van der Waals surface area (Å²) in [5.74, 6) is 1.30. The van der Waals surface area contributed by atoms with E-state index in [2.05, 4.69) is 51.4 Å². The fourth-order valence-electron chi connectivity index (χ4n) is 3.00. The number of aromatic nitrogens is 2. The Balaban J connectivity index is 1.60. The second kappa shape index (κ2) is 7.19. The third kappa shape index (κ3) is 4.14. The highest BCUT2D eigenvalue weighted by atomic mass is 32.2. The first-order chi connectivity index (χ1) is 11.1. The van der Waals surface area contributed by atoms with Crippen molar-refractivity contribution in [3.05, 3.63) is 41.5 Å². The van der Waals surface area contributed by atoms with Crippen LogP contribution in [0, 0.1) is 0 Å². The predicted molar refractivity (Wildman–Crippen MR) is 96.7 cm³/mol. The number of rotatable bonds is 5. The summed E-state index contributed by atoms with van der Waals surface area (Å²) in [4.78, 5) is 11.1. The minimum Gasteiger partial charge on any atom is -0.383 e. The largest absolute Gasteiger partial charge is 0.383 e. The van der Waals surface area contributed by atoms with Crippen LogP contribution in [0.15, 0.2) is 35.5 Å². The highest BCUT2D eigenvalue weighted by Gasteiger charge is 2.17. The van der Waals surface area contributed by atoms with Crippen molar-refractivity contribution in [2.75, 3.05) is 30.4 Å². The van der Waals surface area contributed by atoms with E-state index in [1.807, 2.05) is 6.26 Å². The molecule has 0 saturated carbocycles. The van der Waals surface area contributed by atoms with E-state index in [-0.39, 0.29) is 0 Å². The second-order valence-electron chi connectivity index (χ2n) is 5.96. The van der Waals surface area contributed by atoms with Gasteiger partial charge < -0.3 is 11.1 Å². The average Bonchev–Trinajstić information content (AvgIpc) is 2.54. The lowest BCUT2D eigenvalue weighted by Gasteiger charge is -2.31. The van der Waals surface area contributed by atoms with Crippen LogP contribution >= 0.6 is 11.8 Å². The summed E-state index contributed by atoms with van der Waals surface area (Å²) >= 11 is 1.50. The van der Waals surface area contributed by atoms with Crippen molar-refractivity contribution in [1.82, 2.24) is 14.9 Å². The van der Waals surface area contributed by atoms with Gasteiger partial charge in [-0.3, -0.25) is 4.90 Å². The fraction of sp³-hybridized carbons (Fsp3) is 0.412. The number of nitrogen functional groups attached to an aromatic ring is 1. The number of hydrogen-bond acceptors (Lipinski definition) is 6. The lowest BCUT2D eigenvalue weighted by Crippen LogP contribution is -2.38. The predicted octanol–water partition coefficient (Wildman–Crippen LogP) is 2.64. The Morgan fingerprint density at radius 2 is 2.09 bits per heavy atom. The summed E-state index contributed by atoms with van der Waals surface area (Å²) in [7, 11) is 0. The van der Waals surface area contributed by atoms with Crippen molar-refractivity contribution in [1.29, 1.82) is 0 Å². The molecule has 122 valence electrons. The monoisotopic (exact) mass is 329 g/mol. The Morgan fingerprint density at radius 3 is 2.87 bits per heavy atom. The maximum absolute atomic E-state index is 5.83. The van der Waals surface area contributed by atoms with E-state index in [0.717, 1.165) is 31.9 Å². The molecule has 3 rings (SSSR count). The molecular formula is C17H23N5S. The number of thioether (sulfide) groups is 1. The normalized spacial score (nSPS) is 15.9. The molecule has 1 aromatic carbocycles. The minimum absolute atomic E-state index is 0.296. The first kappa shape index (κ1) is 16.1. The Bertz CT molecular complexity index is 676. The van der Waals surface area contributed by atoms with Gasteiger partial charge in [-0.2, -0.15) is 0 Å². The van der Waals surface area contributed by atoms with Crippen LogP contribution in [-0.4, -0.2) is 40.3 Å². The second-order valence-corrected chi connectivity index (χ2v) is 6.74. The molecule has 1 aromatic heterocycles. The molecule has 1 atom stereocenters. The molecule has 23 heavy (non-hydrogen) atoms. The van der Waals surface area contributed by atoms with Crippen LogP contribution in [0.1, 0.15) is 18.1 Å². The third-order valence-corrected chi connectivity index (χ3v) is 4.59. The van der Waals surface area contributed by atoms with E-state index in [1.54, 1.807) is 6.07 Å². The van der Waals surface area contributed by atoms with Gasteiger partial charge in [0.15, 0.2) is 5.16 Å². The van der Waals surface area contributed by atoms with Crippen molar-refractivity contribution in [3.8, 4) is 0 Å². The van der Waals surface area contributed by atoms with Crippen LogP contribution in [0.2, 0.25) is 0 Å². The molecule has 2 heterocycles. The molecular weight excluding hydrogens is 306 g/mol. The zero-order valence-corrected chi connectivity index (χ0v) is 14.4. The van der Waals surface area contributed by atoms with Crippen LogP contribution in [0.5, 0.6) is 0 Å². The number of fused-ring (bicyclic) bond motifs is 1. The summed E-state index contributed by atoms with van der Waals surface area (Å²) in [6, 6.07) is 10.8. The van der Waals surface area contributed by atoms with E-state index in [4.69, 9.17) is 5.73 Å². The molecule has 0 fully saturated rings. The van der Waals surface area contributed by atoms with Crippen LogP contribution < -0.4 is 11.1 Å². The quantitative estimate of drug-likeness (QED) is 0.649. The molecule has 1 unspecified atom stereocenters. The number of nitrogens with two attached hydrogens (primary N) is 1. The number of hydrogen-bond donors (Lipinski definition) is 2. The average molecular weight is 329 g/mol. The fourth-order valence-corrected chi connectivity index (χ4v) is 3.39. The summed E-state index contributed by atoms with van der Waals surface area (Å²) in [5.41, 5.74) is 8.76. The molecule has 0 spiro atoms. The molecule has 0 bridgehead atoms. The molecule has 6 heteroatoms. The first-order valence-corrected chi connectivity index (χ1v) is 9.10. The highest BCUT2D eigenvalue weighted by Crippen LogP contribution is 2.20. The zero-order chi connectivity index (χ0) is 16.2. The molecule has 1 aliphatic rings. The van der Waals surface area contributed by atoms with Crippen molar-refractivity contribution in [2.24, 2.45) is 0 Å². The Labute approximate surface area is 141 Å². The van der Waals surface area contributed by atoms with Gasteiger partial charge >= 0.3 is 0 Å². The molecule has 0 amide bonds. The van der Waals surface area contributed by atoms with Crippen LogP contribution in [0.25, 0.3) is 0 Å². The number of nitrogens with one attached hydrogen (secondary N) is 1. The summed E-state index contributed by atoms with van der Waals surface area (Å²) < 4.78 is 0.